The molecule has 1 amide bonds. The van der Waals surface area contributed by atoms with Crippen LogP contribution in [-0.2, 0) is 4.79 Å². The Morgan fingerprint density at radius 2 is 1.83 bits per heavy atom. The molecule has 2 aromatic carbocycles. The topological polar surface area (TPSA) is 78.3 Å². The average molecular weight is 420 g/mol. The summed E-state index contributed by atoms with van der Waals surface area (Å²) in [4.78, 5) is 17.3. The molecule has 0 bridgehead atoms. The second kappa shape index (κ2) is 7.14. The first-order chi connectivity index (χ1) is 14.6. The van der Waals surface area contributed by atoms with Gasteiger partial charge in [-0.1, -0.05) is 23.5 Å². The molecule has 0 aliphatic carbocycles. The Morgan fingerprint density at radius 3 is 2.57 bits per heavy atom. The highest BCUT2D eigenvalue weighted by Gasteiger charge is 2.33. The summed E-state index contributed by atoms with van der Waals surface area (Å²) in [5.74, 6) is 2.16. The minimum Gasteiger partial charge on any atom is -0.497 e. The zero-order valence-corrected chi connectivity index (χ0v) is 17.6. The zero-order chi connectivity index (χ0) is 20.8. The second-order valence-corrected chi connectivity index (χ2v) is 8.18. The van der Waals surface area contributed by atoms with Crippen molar-refractivity contribution in [1.82, 2.24) is 14.8 Å². The van der Waals surface area contributed by atoms with Crippen molar-refractivity contribution in [3.63, 3.8) is 0 Å². The van der Waals surface area contributed by atoms with E-state index in [1.807, 2.05) is 49.4 Å². The molecule has 1 atom stereocenters. The van der Waals surface area contributed by atoms with Crippen LogP contribution >= 0.6 is 11.3 Å². The van der Waals surface area contributed by atoms with E-state index in [2.05, 4.69) is 5.32 Å². The minimum atomic E-state index is -0.0668. The number of aromatic nitrogens is 3. The van der Waals surface area contributed by atoms with Gasteiger partial charge in [0.05, 0.1) is 30.1 Å². The third-order valence-corrected chi connectivity index (χ3v) is 6.38. The number of thiazole rings is 1. The minimum absolute atomic E-state index is 0.0350. The van der Waals surface area contributed by atoms with Crippen molar-refractivity contribution in [2.24, 2.45) is 0 Å². The van der Waals surface area contributed by atoms with Gasteiger partial charge >= 0.3 is 0 Å². The van der Waals surface area contributed by atoms with Crippen LogP contribution in [-0.4, -0.2) is 34.9 Å². The van der Waals surface area contributed by atoms with Crippen LogP contribution in [0.15, 0.2) is 42.5 Å². The molecule has 2 aromatic heterocycles. The van der Waals surface area contributed by atoms with Crippen LogP contribution in [0.3, 0.4) is 0 Å². The largest absolute Gasteiger partial charge is 0.497 e. The quantitative estimate of drug-likeness (QED) is 0.533. The molecule has 0 unspecified atom stereocenters. The number of anilines is 1. The highest BCUT2D eigenvalue weighted by molar-refractivity contribution is 7.20. The van der Waals surface area contributed by atoms with E-state index in [4.69, 9.17) is 19.6 Å². The SMILES string of the molecule is COc1ccc([C@@H]2CC(=O)Nc3c2c(C)nn3-c2nc3ccc(OC)cc3s2)cc1. The lowest BCUT2D eigenvalue weighted by Crippen LogP contribution is -2.24. The Balaban J connectivity index is 1.62. The van der Waals surface area contributed by atoms with Gasteiger partial charge in [-0.25, -0.2) is 4.98 Å². The number of hydrogen-bond acceptors (Lipinski definition) is 6. The number of hydrogen-bond donors (Lipinski definition) is 1. The van der Waals surface area contributed by atoms with Crippen LogP contribution in [0.2, 0.25) is 0 Å². The number of methoxy groups -OCH3 is 2. The summed E-state index contributed by atoms with van der Waals surface area (Å²) in [6.45, 7) is 1.97. The molecule has 1 N–H and O–H groups in total. The monoisotopic (exact) mass is 420 g/mol. The number of carbonyl (C=O) groups is 1. The van der Waals surface area contributed by atoms with Crippen molar-refractivity contribution in [3.05, 3.63) is 59.3 Å². The summed E-state index contributed by atoms with van der Waals surface area (Å²) >= 11 is 1.51. The van der Waals surface area contributed by atoms with E-state index in [9.17, 15) is 4.79 Å². The molecule has 0 radical (unpaired) electrons. The van der Waals surface area contributed by atoms with Gasteiger partial charge in [0.25, 0.3) is 0 Å². The van der Waals surface area contributed by atoms with Crippen molar-refractivity contribution in [2.45, 2.75) is 19.3 Å². The number of amides is 1. The smallest absolute Gasteiger partial charge is 0.226 e. The van der Waals surface area contributed by atoms with Crippen LogP contribution in [0, 0.1) is 6.92 Å². The lowest BCUT2D eigenvalue weighted by Gasteiger charge is -2.24. The Morgan fingerprint density at radius 1 is 1.10 bits per heavy atom. The number of benzene rings is 2. The van der Waals surface area contributed by atoms with Gasteiger partial charge in [0, 0.05) is 17.9 Å². The summed E-state index contributed by atoms with van der Waals surface area (Å²) in [5.41, 5.74) is 3.83. The lowest BCUT2D eigenvalue weighted by molar-refractivity contribution is -0.116. The van der Waals surface area contributed by atoms with Gasteiger partial charge < -0.3 is 14.8 Å². The number of nitrogens with zero attached hydrogens (tertiary/aromatic N) is 3. The van der Waals surface area contributed by atoms with E-state index in [0.717, 1.165) is 38.5 Å². The maximum Gasteiger partial charge on any atom is 0.226 e. The number of ether oxygens (including phenoxy) is 2. The van der Waals surface area contributed by atoms with E-state index < -0.39 is 0 Å². The van der Waals surface area contributed by atoms with E-state index in [0.29, 0.717) is 17.4 Å². The van der Waals surface area contributed by atoms with E-state index >= 15 is 0 Å². The molecule has 8 heteroatoms. The fourth-order valence-electron chi connectivity index (χ4n) is 3.92. The molecule has 3 heterocycles. The van der Waals surface area contributed by atoms with Crippen molar-refractivity contribution in [1.29, 1.82) is 0 Å². The van der Waals surface area contributed by atoms with Crippen LogP contribution in [0.25, 0.3) is 15.3 Å². The van der Waals surface area contributed by atoms with Crippen LogP contribution in [0.1, 0.15) is 29.2 Å². The molecule has 0 spiro atoms. The van der Waals surface area contributed by atoms with Crippen molar-refractivity contribution < 1.29 is 14.3 Å². The molecule has 5 rings (SSSR count). The molecule has 0 saturated heterocycles. The van der Waals surface area contributed by atoms with Gasteiger partial charge in [0.15, 0.2) is 0 Å². The summed E-state index contributed by atoms with van der Waals surface area (Å²) in [7, 11) is 3.29. The van der Waals surface area contributed by atoms with E-state index in [-0.39, 0.29) is 11.8 Å². The van der Waals surface area contributed by atoms with Crippen LogP contribution in [0.5, 0.6) is 11.5 Å². The van der Waals surface area contributed by atoms with Crippen molar-refractivity contribution in [2.75, 3.05) is 19.5 Å². The highest BCUT2D eigenvalue weighted by atomic mass is 32.1. The van der Waals surface area contributed by atoms with Gasteiger partial charge in [0.2, 0.25) is 11.0 Å². The summed E-state index contributed by atoms with van der Waals surface area (Å²) in [6, 6.07) is 13.6. The van der Waals surface area contributed by atoms with E-state index in [1.165, 1.54) is 11.3 Å². The molecule has 0 saturated carbocycles. The Hall–Kier alpha value is -3.39. The number of rotatable bonds is 4. The molecule has 1 aliphatic rings. The number of aryl methyl sites for hydroxylation is 1. The molecule has 152 valence electrons. The third-order valence-electron chi connectivity index (χ3n) is 5.39. The van der Waals surface area contributed by atoms with Gasteiger partial charge in [0.1, 0.15) is 17.3 Å². The average Bonchev–Trinajstić information content (AvgIpc) is 3.33. The number of fused-ring (bicyclic) bond motifs is 2. The van der Waals surface area contributed by atoms with E-state index in [1.54, 1.807) is 18.9 Å². The Bertz CT molecular complexity index is 1260. The van der Waals surface area contributed by atoms with Crippen LogP contribution < -0.4 is 14.8 Å². The lowest BCUT2D eigenvalue weighted by atomic mass is 9.86. The number of carbonyl (C=O) groups excluding carboxylic acids is 1. The zero-order valence-electron chi connectivity index (χ0n) is 16.8. The highest BCUT2D eigenvalue weighted by Crippen LogP contribution is 2.41. The molecule has 1 aliphatic heterocycles. The first-order valence-corrected chi connectivity index (χ1v) is 10.4. The molecular formula is C22H20N4O3S. The molecule has 30 heavy (non-hydrogen) atoms. The fraction of sp³-hybridized carbons (Fsp3) is 0.227. The van der Waals surface area contributed by atoms with Gasteiger partial charge in [-0.2, -0.15) is 9.78 Å². The molecule has 0 fully saturated rings. The Kier molecular flexibility index (Phi) is 4.43. The number of nitrogens with one attached hydrogen (secondary N) is 1. The Labute approximate surface area is 177 Å². The third kappa shape index (κ3) is 3.00. The normalized spacial score (nSPS) is 15.7. The maximum atomic E-state index is 12.6. The molecule has 7 nitrogen and oxygen atoms in total. The predicted molar refractivity (Wildman–Crippen MR) is 116 cm³/mol. The van der Waals surface area contributed by atoms with Crippen molar-refractivity contribution >= 4 is 33.3 Å². The molecule has 4 aromatic rings. The molecular weight excluding hydrogens is 400 g/mol. The predicted octanol–water partition coefficient (Wildman–Crippen LogP) is 4.28. The van der Waals surface area contributed by atoms with Gasteiger partial charge in [-0.15, -0.1) is 0 Å². The first-order valence-electron chi connectivity index (χ1n) is 9.55. The summed E-state index contributed by atoms with van der Waals surface area (Å²) in [5, 5.41) is 8.46. The van der Waals surface area contributed by atoms with Gasteiger partial charge in [-0.05, 0) is 42.8 Å². The summed E-state index contributed by atoms with van der Waals surface area (Å²) in [6.07, 6.45) is 0.378. The van der Waals surface area contributed by atoms with Crippen LogP contribution in [0.4, 0.5) is 5.82 Å². The van der Waals surface area contributed by atoms with Gasteiger partial charge in [-0.3, -0.25) is 4.79 Å². The first kappa shape index (κ1) is 18.6. The standard InChI is InChI=1S/C22H20N4O3S/c1-12-20-16(13-4-6-14(28-2)7-5-13)11-19(27)24-21(20)26(25-12)22-23-17-9-8-15(29-3)10-18(17)30-22/h4-10,16H,11H2,1-3H3,(H,24,27)/t16-/m0/s1. The second-order valence-electron chi connectivity index (χ2n) is 7.17. The van der Waals surface area contributed by atoms with Crippen molar-refractivity contribution in [3.8, 4) is 16.6 Å². The summed E-state index contributed by atoms with van der Waals surface area (Å²) < 4.78 is 13.3. The maximum absolute atomic E-state index is 12.6. The fourth-order valence-corrected chi connectivity index (χ4v) is 4.87.